The Morgan fingerprint density at radius 2 is 1.72 bits per heavy atom. The fraction of sp³-hybridized carbons (Fsp3) is 0.0769. The van der Waals surface area contributed by atoms with Gasteiger partial charge in [0.1, 0.15) is 5.82 Å². The SMILES string of the molecule is Cc1cc(C=C2SC(=Nc3ccc(F)cc3)NC2=O)c(C)n1-c1ccc2ccccc2c1. The van der Waals surface area contributed by atoms with Crippen LogP contribution in [0.5, 0.6) is 0 Å². The van der Waals surface area contributed by atoms with E-state index in [0.717, 1.165) is 22.6 Å². The minimum absolute atomic E-state index is 0.189. The van der Waals surface area contributed by atoms with Gasteiger partial charge in [0, 0.05) is 17.1 Å². The van der Waals surface area contributed by atoms with Crippen LogP contribution in [0, 0.1) is 19.7 Å². The van der Waals surface area contributed by atoms with Crippen LogP contribution in [-0.2, 0) is 4.79 Å². The molecule has 1 fully saturated rings. The summed E-state index contributed by atoms with van der Waals surface area (Å²) >= 11 is 1.28. The van der Waals surface area contributed by atoms with Crippen LogP contribution in [0.1, 0.15) is 17.0 Å². The van der Waals surface area contributed by atoms with Crippen molar-refractivity contribution in [1.82, 2.24) is 9.88 Å². The smallest absolute Gasteiger partial charge is 0.264 e. The van der Waals surface area contributed by atoms with Gasteiger partial charge in [0.25, 0.3) is 5.91 Å². The van der Waals surface area contributed by atoms with E-state index in [1.165, 1.54) is 34.7 Å². The number of thioether (sulfide) groups is 1. The molecule has 0 radical (unpaired) electrons. The molecule has 1 amide bonds. The van der Waals surface area contributed by atoms with Crippen LogP contribution in [0.4, 0.5) is 10.1 Å². The lowest BCUT2D eigenvalue weighted by atomic mass is 10.1. The largest absolute Gasteiger partial charge is 0.318 e. The average molecular weight is 442 g/mol. The Bertz CT molecular complexity index is 1420. The number of amides is 1. The zero-order valence-corrected chi connectivity index (χ0v) is 18.4. The first kappa shape index (κ1) is 20.3. The van der Waals surface area contributed by atoms with Crippen LogP contribution >= 0.6 is 11.8 Å². The number of hydrogen-bond donors (Lipinski definition) is 1. The number of nitrogens with zero attached hydrogens (tertiary/aromatic N) is 2. The van der Waals surface area contributed by atoms with E-state index in [4.69, 9.17) is 0 Å². The molecule has 5 rings (SSSR count). The predicted molar refractivity (Wildman–Crippen MR) is 130 cm³/mol. The van der Waals surface area contributed by atoms with Gasteiger partial charge in [-0.3, -0.25) is 4.79 Å². The van der Waals surface area contributed by atoms with Gasteiger partial charge < -0.3 is 9.88 Å². The van der Waals surface area contributed by atoms with E-state index in [1.807, 2.05) is 18.2 Å². The number of nitrogens with one attached hydrogen (secondary N) is 1. The highest BCUT2D eigenvalue weighted by molar-refractivity contribution is 8.18. The van der Waals surface area contributed by atoms with Gasteiger partial charge in [-0.1, -0.05) is 30.3 Å². The molecule has 4 nitrogen and oxygen atoms in total. The molecule has 0 aliphatic carbocycles. The first-order chi connectivity index (χ1) is 15.5. The van der Waals surface area contributed by atoms with Gasteiger partial charge in [-0.15, -0.1) is 0 Å². The molecule has 1 aliphatic rings. The molecule has 1 aromatic heterocycles. The maximum atomic E-state index is 13.1. The number of carbonyl (C=O) groups is 1. The number of benzene rings is 3. The van der Waals surface area contributed by atoms with Crippen molar-refractivity contribution < 1.29 is 9.18 Å². The van der Waals surface area contributed by atoms with Crippen LogP contribution < -0.4 is 5.32 Å². The highest BCUT2D eigenvalue weighted by Gasteiger charge is 2.24. The quantitative estimate of drug-likeness (QED) is 0.381. The molecule has 1 aliphatic heterocycles. The fourth-order valence-corrected chi connectivity index (χ4v) is 4.73. The maximum absolute atomic E-state index is 13.1. The van der Waals surface area contributed by atoms with E-state index < -0.39 is 0 Å². The highest BCUT2D eigenvalue weighted by atomic mass is 32.2. The van der Waals surface area contributed by atoms with Crippen molar-refractivity contribution in [2.45, 2.75) is 13.8 Å². The molecule has 0 saturated carbocycles. The standard InChI is InChI=1S/C26H20FN3OS/c1-16-13-20(17(2)30(16)23-12-7-18-5-3-4-6-19(18)14-23)15-24-25(31)29-26(32-24)28-22-10-8-21(27)9-11-22/h3-15H,1-2H3,(H,28,29,31). The van der Waals surface area contributed by atoms with Gasteiger partial charge in [0.2, 0.25) is 0 Å². The number of amidine groups is 1. The lowest BCUT2D eigenvalue weighted by molar-refractivity contribution is -0.115. The predicted octanol–water partition coefficient (Wildman–Crippen LogP) is 6.28. The van der Waals surface area contributed by atoms with Crippen molar-refractivity contribution in [3.05, 3.63) is 100 Å². The summed E-state index contributed by atoms with van der Waals surface area (Å²) in [6.07, 6.45) is 1.90. The zero-order valence-electron chi connectivity index (χ0n) is 17.6. The molecule has 0 spiro atoms. The summed E-state index contributed by atoms with van der Waals surface area (Å²) in [5.41, 5.74) is 4.81. The summed E-state index contributed by atoms with van der Waals surface area (Å²) in [5.74, 6) is -0.509. The minimum Gasteiger partial charge on any atom is -0.318 e. The molecule has 0 atom stereocenters. The van der Waals surface area contributed by atoms with Gasteiger partial charge in [-0.25, -0.2) is 9.38 Å². The first-order valence-electron chi connectivity index (χ1n) is 10.2. The van der Waals surface area contributed by atoms with Crippen molar-refractivity contribution in [3.63, 3.8) is 0 Å². The van der Waals surface area contributed by atoms with Crippen LogP contribution in [0.3, 0.4) is 0 Å². The van der Waals surface area contributed by atoms with E-state index in [1.54, 1.807) is 12.1 Å². The second-order valence-electron chi connectivity index (χ2n) is 7.65. The maximum Gasteiger partial charge on any atom is 0.264 e. The topological polar surface area (TPSA) is 46.4 Å². The monoisotopic (exact) mass is 441 g/mol. The molecule has 158 valence electrons. The van der Waals surface area contributed by atoms with Crippen LogP contribution in [0.25, 0.3) is 22.5 Å². The Labute approximate surface area is 189 Å². The number of aliphatic imine (C=N–C) groups is 1. The molecule has 1 N–H and O–H groups in total. The third kappa shape index (κ3) is 3.85. The second-order valence-corrected chi connectivity index (χ2v) is 8.68. The third-order valence-corrected chi connectivity index (χ3v) is 6.37. The molecule has 2 heterocycles. The molecule has 32 heavy (non-hydrogen) atoms. The molecule has 0 bridgehead atoms. The van der Waals surface area contributed by atoms with E-state index in [-0.39, 0.29) is 11.7 Å². The Kier molecular flexibility index (Phi) is 5.15. The van der Waals surface area contributed by atoms with Crippen molar-refractivity contribution in [2.75, 3.05) is 0 Å². The van der Waals surface area contributed by atoms with Gasteiger partial charge in [0.15, 0.2) is 5.17 Å². The molecule has 0 unspecified atom stereocenters. The van der Waals surface area contributed by atoms with Gasteiger partial charge in [-0.2, -0.15) is 0 Å². The second kappa shape index (κ2) is 8.13. The Morgan fingerprint density at radius 1 is 0.969 bits per heavy atom. The first-order valence-corrected chi connectivity index (χ1v) is 11.0. The van der Waals surface area contributed by atoms with Crippen molar-refractivity contribution in [1.29, 1.82) is 0 Å². The van der Waals surface area contributed by atoms with Crippen LogP contribution in [-0.4, -0.2) is 15.6 Å². The van der Waals surface area contributed by atoms with Crippen molar-refractivity contribution in [3.8, 4) is 5.69 Å². The Hall–Kier alpha value is -3.64. The molecule has 6 heteroatoms. The average Bonchev–Trinajstić information content (AvgIpc) is 3.27. The van der Waals surface area contributed by atoms with Crippen LogP contribution in [0.15, 0.2) is 82.7 Å². The Balaban J connectivity index is 1.46. The molecular formula is C26H20FN3OS. The summed E-state index contributed by atoms with van der Waals surface area (Å²) in [4.78, 5) is 17.5. The van der Waals surface area contributed by atoms with Gasteiger partial charge in [0.05, 0.1) is 10.6 Å². The van der Waals surface area contributed by atoms with E-state index >= 15 is 0 Å². The van der Waals surface area contributed by atoms with Crippen molar-refractivity contribution >= 4 is 45.4 Å². The Morgan fingerprint density at radius 3 is 2.50 bits per heavy atom. The molecule has 1 saturated heterocycles. The summed E-state index contributed by atoms with van der Waals surface area (Å²) in [6.45, 7) is 4.12. The lowest BCUT2D eigenvalue weighted by Gasteiger charge is -2.11. The molecular weight excluding hydrogens is 421 g/mol. The minimum atomic E-state index is -0.320. The van der Waals surface area contributed by atoms with Gasteiger partial charge >= 0.3 is 0 Å². The van der Waals surface area contributed by atoms with E-state index in [2.05, 4.69) is 65.1 Å². The third-order valence-electron chi connectivity index (χ3n) is 5.46. The summed E-state index contributed by atoms with van der Waals surface area (Å²) in [7, 11) is 0. The normalized spacial score (nSPS) is 16.3. The lowest BCUT2D eigenvalue weighted by Crippen LogP contribution is -2.19. The zero-order chi connectivity index (χ0) is 22.2. The number of hydrogen-bond acceptors (Lipinski definition) is 3. The number of halogens is 1. The summed E-state index contributed by atoms with van der Waals surface area (Å²) in [6, 6.07) is 22.6. The summed E-state index contributed by atoms with van der Waals surface area (Å²) < 4.78 is 15.3. The number of aryl methyl sites for hydroxylation is 1. The number of fused-ring (bicyclic) bond motifs is 1. The molecule has 3 aromatic carbocycles. The highest BCUT2D eigenvalue weighted by Crippen LogP contribution is 2.31. The number of aromatic nitrogens is 1. The van der Waals surface area contributed by atoms with Crippen LogP contribution in [0.2, 0.25) is 0 Å². The summed E-state index contributed by atoms with van der Waals surface area (Å²) in [5, 5.41) is 5.65. The fourth-order valence-electron chi connectivity index (χ4n) is 3.90. The molecule has 4 aromatic rings. The van der Waals surface area contributed by atoms with Crippen molar-refractivity contribution in [2.24, 2.45) is 4.99 Å². The van der Waals surface area contributed by atoms with E-state index in [0.29, 0.717) is 15.8 Å². The van der Waals surface area contributed by atoms with E-state index in [9.17, 15) is 9.18 Å². The van der Waals surface area contributed by atoms with Gasteiger partial charge in [-0.05, 0) is 90.5 Å². The number of carbonyl (C=O) groups excluding carboxylic acids is 1. The number of rotatable bonds is 3.